The van der Waals surface area contributed by atoms with Crippen LogP contribution < -0.4 is 10.2 Å². The van der Waals surface area contributed by atoms with Crippen molar-refractivity contribution in [3.63, 3.8) is 0 Å². The van der Waals surface area contributed by atoms with Gasteiger partial charge >= 0.3 is 5.97 Å². The molecule has 8 heteroatoms. The average molecular weight is 409 g/mol. The first-order chi connectivity index (χ1) is 14.0. The van der Waals surface area contributed by atoms with Gasteiger partial charge in [-0.2, -0.15) is 5.26 Å². The quantitative estimate of drug-likeness (QED) is 0.736. The molecule has 0 aromatic heterocycles. The van der Waals surface area contributed by atoms with Gasteiger partial charge < -0.3 is 15.0 Å². The van der Waals surface area contributed by atoms with E-state index in [0.717, 1.165) is 10.5 Å². The minimum Gasteiger partial charge on any atom is -0.452 e. The summed E-state index contributed by atoms with van der Waals surface area (Å²) >= 11 is 1.39. The molecule has 1 heterocycles. The minimum absolute atomic E-state index is 0.130. The van der Waals surface area contributed by atoms with E-state index in [2.05, 4.69) is 5.32 Å². The molecule has 1 N–H and O–H groups in total. The van der Waals surface area contributed by atoms with Crippen LogP contribution in [-0.2, 0) is 14.3 Å². The van der Waals surface area contributed by atoms with E-state index in [-0.39, 0.29) is 24.4 Å². The smallest absolute Gasteiger partial charge is 0.338 e. The van der Waals surface area contributed by atoms with Gasteiger partial charge in [0.1, 0.15) is 0 Å². The van der Waals surface area contributed by atoms with E-state index >= 15 is 0 Å². The highest BCUT2D eigenvalue weighted by Crippen LogP contribution is 2.32. The molecule has 0 aliphatic carbocycles. The summed E-state index contributed by atoms with van der Waals surface area (Å²) in [4.78, 5) is 38.8. The molecule has 0 radical (unpaired) electrons. The number of carbonyl (C=O) groups is 3. The number of aryl methyl sites for hydroxylation is 1. The second-order valence-corrected chi connectivity index (χ2v) is 7.43. The van der Waals surface area contributed by atoms with Gasteiger partial charge in [-0.25, -0.2) is 4.79 Å². The molecular formula is C21H19N3O4S. The number of anilines is 2. The normalized spacial score (nSPS) is 12.3. The number of thioether (sulfide) groups is 1. The fraction of sp³-hybridized carbons (Fsp3) is 0.238. The van der Waals surface area contributed by atoms with Crippen LogP contribution in [0.3, 0.4) is 0 Å². The predicted octanol–water partition coefficient (Wildman–Crippen LogP) is 3.14. The SMILES string of the molecule is Cc1ccc(N(CCC#N)C(=O)COC(=O)c2ccc3c(c2)NC(=O)CS3)cc1. The van der Waals surface area contributed by atoms with Crippen molar-refractivity contribution in [1.29, 1.82) is 5.26 Å². The van der Waals surface area contributed by atoms with Crippen LogP contribution in [-0.4, -0.2) is 36.7 Å². The van der Waals surface area contributed by atoms with Crippen LogP contribution in [0.1, 0.15) is 22.3 Å². The lowest BCUT2D eigenvalue weighted by molar-refractivity contribution is -0.121. The molecule has 7 nitrogen and oxygen atoms in total. The monoisotopic (exact) mass is 409 g/mol. The molecular weight excluding hydrogens is 390 g/mol. The third-order valence-corrected chi connectivity index (χ3v) is 5.34. The lowest BCUT2D eigenvalue weighted by atomic mass is 10.2. The maximum absolute atomic E-state index is 12.6. The van der Waals surface area contributed by atoms with Crippen molar-refractivity contribution in [1.82, 2.24) is 0 Å². The molecule has 0 fully saturated rings. The highest BCUT2D eigenvalue weighted by atomic mass is 32.2. The highest BCUT2D eigenvalue weighted by Gasteiger charge is 2.20. The first-order valence-corrected chi connectivity index (χ1v) is 9.94. The van der Waals surface area contributed by atoms with Crippen molar-refractivity contribution < 1.29 is 19.1 Å². The number of nitrogens with zero attached hydrogens (tertiary/aromatic N) is 2. The zero-order valence-electron chi connectivity index (χ0n) is 15.8. The Morgan fingerprint density at radius 3 is 2.72 bits per heavy atom. The van der Waals surface area contributed by atoms with E-state index in [1.54, 1.807) is 30.3 Å². The number of hydrogen-bond acceptors (Lipinski definition) is 6. The van der Waals surface area contributed by atoms with Gasteiger partial charge in [0.2, 0.25) is 5.91 Å². The number of amides is 2. The molecule has 0 bridgehead atoms. The zero-order valence-corrected chi connectivity index (χ0v) is 16.6. The van der Waals surface area contributed by atoms with Gasteiger partial charge in [-0.15, -0.1) is 11.8 Å². The maximum Gasteiger partial charge on any atom is 0.338 e. The summed E-state index contributed by atoms with van der Waals surface area (Å²) in [6, 6.07) is 14.2. The number of hydrogen-bond donors (Lipinski definition) is 1. The molecule has 2 amide bonds. The molecule has 148 valence electrons. The Hall–Kier alpha value is -3.31. The number of ether oxygens (including phenoxy) is 1. The molecule has 0 unspecified atom stereocenters. The maximum atomic E-state index is 12.6. The lowest BCUT2D eigenvalue weighted by Gasteiger charge is -2.22. The Bertz CT molecular complexity index is 982. The second-order valence-electron chi connectivity index (χ2n) is 6.41. The predicted molar refractivity (Wildman–Crippen MR) is 110 cm³/mol. The number of esters is 1. The molecule has 2 aromatic carbocycles. The fourth-order valence-electron chi connectivity index (χ4n) is 2.78. The Morgan fingerprint density at radius 1 is 1.24 bits per heavy atom. The molecule has 0 saturated carbocycles. The van der Waals surface area contributed by atoms with Gasteiger partial charge in [0.25, 0.3) is 5.91 Å². The Labute approximate surface area is 172 Å². The van der Waals surface area contributed by atoms with Gasteiger partial charge in [0.05, 0.1) is 29.5 Å². The van der Waals surface area contributed by atoms with Crippen molar-refractivity contribution in [2.75, 3.05) is 29.1 Å². The molecule has 0 atom stereocenters. The van der Waals surface area contributed by atoms with E-state index in [1.165, 1.54) is 16.7 Å². The second kappa shape index (κ2) is 9.26. The Morgan fingerprint density at radius 2 is 2.00 bits per heavy atom. The van der Waals surface area contributed by atoms with Crippen molar-refractivity contribution in [3.8, 4) is 6.07 Å². The summed E-state index contributed by atoms with van der Waals surface area (Å²) in [7, 11) is 0. The summed E-state index contributed by atoms with van der Waals surface area (Å²) in [5.41, 5.74) is 2.49. The standard InChI is InChI=1S/C21H19N3O4S/c1-14-3-6-16(7-4-14)24(10-2-9-22)20(26)12-28-21(27)15-5-8-18-17(11-15)23-19(25)13-29-18/h3-8,11H,2,10,12-13H2,1H3,(H,23,25). The van der Waals surface area contributed by atoms with Gasteiger partial charge in [0, 0.05) is 17.1 Å². The van der Waals surface area contributed by atoms with Crippen LogP contribution in [0.2, 0.25) is 0 Å². The van der Waals surface area contributed by atoms with Gasteiger partial charge in [-0.3, -0.25) is 9.59 Å². The number of rotatable bonds is 6. The number of nitriles is 1. The summed E-state index contributed by atoms with van der Waals surface area (Å²) in [5.74, 6) is -0.869. The van der Waals surface area contributed by atoms with E-state index in [4.69, 9.17) is 10.00 Å². The first-order valence-electron chi connectivity index (χ1n) is 8.96. The fourth-order valence-corrected chi connectivity index (χ4v) is 3.57. The molecule has 0 saturated heterocycles. The number of carbonyl (C=O) groups excluding carboxylic acids is 3. The van der Waals surface area contributed by atoms with Crippen LogP contribution in [0.15, 0.2) is 47.4 Å². The number of nitrogens with one attached hydrogen (secondary N) is 1. The van der Waals surface area contributed by atoms with E-state index < -0.39 is 18.5 Å². The number of fused-ring (bicyclic) bond motifs is 1. The van der Waals surface area contributed by atoms with Crippen LogP contribution in [0, 0.1) is 18.3 Å². The summed E-state index contributed by atoms with van der Waals surface area (Å²) in [5, 5.41) is 11.6. The van der Waals surface area contributed by atoms with Gasteiger partial charge in [0.15, 0.2) is 6.61 Å². The molecule has 29 heavy (non-hydrogen) atoms. The molecule has 1 aliphatic rings. The van der Waals surface area contributed by atoms with E-state index in [0.29, 0.717) is 17.1 Å². The molecule has 0 spiro atoms. The van der Waals surface area contributed by atoms with E-state index in [9.17, 15) is 14.4 Å². The minimum atomic E-state index is -0.657. The molecule has 3 rings (SSSR count). The molecule has 1 aliphatic heterocycles. The topological polar surface area (TPSA) is 99.5 Å². The Kier molecular flexibility index (Phi) is 6.52. The summed E-state index contributed by atoms with van der Waals surface area (Å²) < 4.78 is 5.18. The largest absolute Gasteiger partial charge is 0.452 e. The van der Waals surface area contributed by atoms with Gasteiger partial charge in [-0.05, 0) is 37.3 Å². The first kappa shape index (κ1) is 20.4. The third kappa shape index (κ3) is 5.15. The summed E-state index contributed by atoms with van der Waals surface area (Å²) in [6.07, 6.45) is 0.162. The van der Waals surface area contributed by atoms with Crippen LogP contribution in [0.25, 0.3) is 0 Å². The van der Waals surface area contributed by atoms with Crippen LogP contribution >= 0.6 is 11.8 Å². The van der Waals surface area contributed by atoms with E-state index in [1.807, 2.05) is 25.1 Å². The van der Waals surface area contributed by atoms with Crippen molar-refractivity contribution in [2.45, 2.75) is 18.2 Å². The number of benzene rings is 2. The Balaban J connectivity index is 1.67. The van der Waals surface area contributed by atoms with Crippen molar-refractivity contribution in [3.05, 3.63) is 53.6 Å². The third-order valence-electron chi connectivity index (χ3n) is 4.27. The van der Waals surface area contributed by atoms with Crippen LogP contribution in [0.5, 0.6) is 0 Å². The van der Waals surface area contributed by atoms with Gasteiger partial charge in [-0.1, -0.05) is 17.7 Å². The van der Waals surface area contributed by atoms with Crippen LogP contribution in [0.4, 0.5) is 11.4 Å². The van der Waals surface area contributed by atoms with Crippen molar-refractivity contribution in [2.24, 2.45) is 0 Å². The lowest BCUT2D eigenvalue weighted by Crippen LogP contribution is -2.35. The summed E-state index contributed by atoms with van der Waals surface area (Å²) in [6.45, 7) is 1.70. The zero-order chi connectivity index (χ0) is 20.8. The highest BCUT2D eigenvalue weighted by molar-refractivity contribution is 8.00. The van der Waals surface area contributed by atoms with Crippen molar-refractivity contribution >= 4 is 40.9 Å². The molecule has 2 aromatic rings. The average Bonchev–Trinajstić information content (AvgIpc) is 2.72.